The summed E-state index contributed by atoms with van der Waals surface area (Å²) in [5.74, 6) is 2.36. The second-order valence-corrected chi connectivity index (χ2v) is 7.30. The lowest BCUT2D eigenvalue weighted by molar-refractivity contribution is 0.199. The van der Waals surface area contributed by atoms with E-state index in [9.17, 15) is 0 Å². The second kappa shape index (κ2) is 8.51. The Kier molecular flexibility index (Phi) is 6.12. The maximum Gasteiger partial charge on any atom is 0.161 e. The molecule has 132 valence electrons. The molecule has 0 aliphatic carbocycles. The topological polar surface area (TPSA) is 37.8 Å². The predicted octanol–water partition coefficient (Wildman–Crippen LogP) is 3.35. The summed E-state index contributed by atoms with van der Waals surface area (Å²) in [5.41, 5.74) is 2.21. The first-order valence-corrected chi connectivity index (χ1v) is 9.34. The molecule has 3 rings (SSSR count). The quantitative estimate of drug-likeness (QED) is 0.717. The number of methoxy groups -OCH3 is 2. The fourth-order valence-corrected chi connectivity index (χ4v) is 3.76. The lowest BCUT2D eigenvalue weighted by Crippen LogP contribution is -2.43. The van der Waals surface area contributed by atoms with Crippen LogP contribution < -0.4 is 9.47 Å². The maximum absolute atomic E-state index is 5.54. The molecule has 1 aromatic carbocycles. The van der Waals surface area contributed by atoms with E-state index in [0.29, 0.717) is 0 Å². The largest absolute Gasteiger partial charge is 0.493 e. The van der Waals surface area contributed by atoms with Gasteiger partial charge in [-0.3, -0.25) is 9.88 Å². The number of hydrogen-bond acceptors (Lipinski definition) is 6. The van der Waals surface area contributed by atoms with Crippen molar-refractivity contribution in [1.82, 2.24) is 14.8 Å². The summed E-state index contributed by atoms with van der Waals surface area (Å²) in [4.78, 5) is 8.95. The highest BCUT2D eigenvalue weighted by molar-refractivity contribution is 8.22. The van der Waals surface area contributed by atoms with Gasteiger partial charge in [-0.05, 0) is 29.8 Å². The molecule has 0 spiro atoms. The minimum atomic E-state index is 0.735. The molecule has 25 heavy (non-hydrogen) atoms. The molecule has 2 aromatic rings. The summed E-state index contributed by atoms with van der Waals surface area (Å²) in [6.45, 7) is 2.35. The minimum Gasteiger partial charge on any atom is -0.493 e. The van der Waals surface area contributed by atoms with Crippen LogP contribution in [-0.2, 0) is 13.1 Å². The molecule has 0 unspecified atom stereocenters. The van der Waals surface area contributed by atoms with Crippen molar-refractivity contribution >= 4 is 28.3 Å². The Morgan fingerprint density at radius 2 is 1.96 bits per heavy atom. The van der Waals surface area contributed by atoms with E-state index < -0.39 is 0 Å². The third-order valence-corrected chi connectivity index (χ3v) is 5.54. The van der Waals surface area contributed by atoms with Crippen LogP contribution in [0.1, 0.15) is 11.3 Å². The lowest BCUT2D eigenvalue weighted by atomic mass is 10.2. The zero-order chi connectivity index (χ0) is 17.6. The summed E-state index contributed by atoms with van der Waals surface area (Å²) in [7, 11) is 3.29. The molecule has 1 aliphatic heterocycles. The number of nitrogens with zero attached hydrogens (tertiary/aromatic N) is 3. The summed E-state index contributed by atoms with van der Waals surface area (Å²) in [6.07, 6.45) is 1.83. The van der Waals surface area contributed by atoms with Gasteiger partial charge in [-0.25, -0.2) is 0 Å². The first kappa shape index (κ1) is 18.0. The SMILES string of the molecule is COc1ccc(CN2CN(Cc3ccccn3)CSC2=S)cc1OC. The van der Waals surface area contributed by atoms with Crippen LogP contribution in [0.2, 0.25) is 0 Å². The van der Waals surface area contributed by atoms with Crippen LogP contribution in [0, 0.1) is 0 Å². The third kappa shape index (κ3) is 4.62. The molecule has 0 saturated carbocycles. The minimum absolute atomic E-state index is 0.735. The molecule has 0 amide bonds. The number of hydrogen-bond donors (Lipinski definition) is 0. The summed E-state index contributed by atoms with van der Waals surface area (Å²) in [6, 6.07) is 12.0. The van der Waals surface area contributed by atoms with E-state index in [4.69, 9.17) is 21.7 Å². The zero-order valence-corrected chi connectivity index (χ0v) is 16.0. The Labute approximate surface area is 157 Å². The van der Waals surface area contributed by atoms with Crippen molar-refractivity contribution in [2.24, 2.45) is 0 Å². The van der Waals surface area contributed by atoms with Gasteiger partial charge in [0.2, 0.25) is 0 Å². The molecular weight excluding hydrogens is 354 g/mol. The summed E-state index contributed by atoms with van der Waals surface area (Å²) >= 11 is 7.23. The number of rotatable bonds is 6. The fourth-order valence-electron chi connectivity index (χ4n) is 2.71. The Morgan fingerprint density at radius 3 is 2.68 bits per heavy atom. The zero-order valence-electron chi connectivity index (χ0n) is 14.3. The molecule has 0 bridgehead atoms. The van der Waals surface area contributed by atoms with Crippen molar-refractivity contribution in [1.29, 1.82) is 0 Å². The number of ether oxygens (including phenoxy) is 2. The Balaban J connectivity index is 1.67. The van der Waals surface area contributed by atoms with E-state index in [-0.39, 0.29) is 0 Å². The van der Waals surface area contributed by atoms with Gasteiger partial charge in [-0.2, -0.15) is 0 Å². The van der Waals surface area contributed by atoms with Crippen LogP contribution in [0.25, 0.3) is 0 Å². The highest BCUT2D eigenvalue weighted by Gasteiger charge is 2.22. The van der Waals surface area contributed by atoms with Gasteiger partial charge in [0.15, 0.2) is 11.5 Å². The van der Waals surface area contributed by atoms with Crippen molar-refractivity contribution in [3.63, 3.8) is 0 Å². The van der Waals surface area contributed by atoms with E-state index in [1.807, 2.05) is 36.5 Å². The van der Waals surface area contributed by atoms with Gasteiger partial charge in [0.1, 0.15) is 4.32 Å². The van der Waals surface area contributed by atoms with Crippen LogP contribution in [-0.4, -0.2) is 45.9 Å². The second-order valence-electron chi connectivity index (χ2n) is 5.72. The predicted molar refractivity (Wildman–Crippen MR) is 105 cm³/mol. The van der Waals surface area contributed by atoms with Gasteiger partial charge in [0.05, 0.1) is 32.5 Å². The van der Waals surface area contributed by atoms with Gasteiger partial charge in [-0.15, -0.1) is 0 Å². The number of thiocarbonyl (C=S) groups is 1. The molecule has 0 N–H and O–H groups in total. The average molecular weight is 376 g/mol. The van der Waals surface area contributed by atoms with E-state index in [1.54, 1.807) is 26.0 Å². The van der Waals surface area contributed by atoms with E-state index in [1.165, 1.54) is 0 Å². The lowest BCUT2D eigenvalue weighted by Gasteiger charge is -2.36. The van der Waals surface area contributed by atoms with Gasteiger partial charge in [0, 0.05) is 19.3 Å². The molecule has 1 fully saturated rings. The molecule has 0 radical (unpaired) electrons. The highest BCUT2D eigenvalue weighted by Crippen LogP contribution is 2.29. The molecule has 1 aliphatic rings. The molecule has 1 saturated heterocycles. The van der Waals surface area contributed by atoms with E-state index >= 15 is 0 Å². The van der Waals surface area contributed by atoms with Gasteiger partial charge >= 0.3 is 0 Å². The Morgan fingerprint density at radius 1 is 1.12 bits per heavy atom. The van der Waals surface area contributed by atoms with Crippen LogP contribution in [0.3, 0.4) is 0 Å². The van der Waals surface area contributed by atoms with Gasteiger partial charge < -0.3 is 14.4 Å². The summed E-state index contributed by atoms with van der Waals surface area (Å²) in [5, 5.41) is 0. The first-order valence-electron chi connectivity index (χ1n) is 7.94. The summed E-state index contributed by atoms with van der Waals surface area (Å²) < 4.78 is 11.6. The Hall–Kier alpha value is -1.83. The smallest absolute Gasteiger partial charge is 0.161 e. The van der Waals surface area contributed by atoms with Crippen molar-refractivity contribution in [2.75, 3.05) is 26.8 Å². The van der Waals surface area contributed by atoms with Crippen molar-refractivity contribution in [2.45, 2.75) is 13.1 Å². The van der Waals surface area contributed by atoms with Crippen LogP contribution >= 0.6 is 24.0 Å². The molecule has 5 nitrogen and oxygen atoms in total. The van der Waals surface area contributed by atoms with Crippen LogP contribution in [0.5, 0.6) is 11.5 Å². The van der Waals surface area contributed by atoms with Crippen molar-refractivity contribution in [3.8, 4) is 11.5 Å². The average Bonchev–Trinajstić information content (AvgIpc) is 2.65. The highest BCUT2D eigenvalue weighted by atomic mass is 32.2. The molecule has 1 aromatic heterocycles. The monoisotopic (exact) mass is 375 g/mol. The first-order chi connectivity index (χ1) is 12.2. The molecule has 0 atom stereocenters. The maximum atomic E-state index is 5.54. The number of benzene rings is 1. The van der Waals surface area contributed by atoms with Crippen molar-refractivity contribution < 1.29 is 9.47 Å². The van der Waals surface area contributed by atoms with Gasteiger partial charge in [0.25, 0.3) is 0 Å². The standard InChI is InChI=1S/C18H21N3O2S2/c1-22-16-7-6-14(9-17(16)23-2)10-21-12-20(13-25-18(21)24)11-15-5-3-4-8-19-15/h3-9H,10-13H2,1-2H3. The Bertz CT molecular complexity index is 728. The number of thioether (sulfide) groups is 1. The normalized spacial score (nSPS) is 15.3. The third-order valence-electron chi connectivity index (χ3n) is 3.93. The van der Waals surface area contributed by atoms with E-state index in [0.717, 1.165) is 52.7 Å². The fraction of sp³-hybridized carbons (Fsp3) is 0.333. The molecule has 7 heteroatoms. The van der Waals surface area contributed by atoms with Crippen LogP contribution in [0.15, 0.2) is 42.6 Å². The number of aromatic nitrogens is 1. The molecule has 2 heterocycles. The van der Waals surface area contributed by atoms with Gasteiger partial charge in [-0.1, -0.05) is 36.1 Å². The van der Waals surface area contributed by atoms with Crippen LogP contribution in [0.4, 0.5) is 0 Å². The van der Waals surface area contributed by atoms with Crippen molar-refractivity contribution in [3.05, 3.63) is 53.9 Å². The molecular formula is C18H21N3O2S2. The number of pyridine rings is 1. The van der Waals surface area contributed by atoms with E-state index in [2.05, 4.69) is 20.9 Å².